The number of benzene rings is 1. The van der Waals surface area contributed by atoms with Crippen LogP contribution in [0.5, 0.6) is 11.5 Å². The van der Waals surface area contributed by atoms with Crippen LogP contribution in [0.25, 0.3) is 6.08 Å². The van der Waals surface area contributed by atoms with Crippen LogP contribution in [0.15, 0.2) is 17.0 Å². The van der Waals surface area contributed by atoms with E-state index in [1.807, 2.05) is 0 Å². The van der Waals surface area contributed by atoms with E-state index in [-0.39, 0.29) is 35.5 Å². The SMILES string of the molecule is CCOC(=O)CCCN1C(=O)/C(=C/c2cc(OC)c(O)c([N+](=O)[O-])c2)SC1=S. The first-order chi connectivity index (χ1) is 13.3. The Morgan fingerprint density at radius 1 is 1.46 bits per heavy atom. The molecule has 0 aromatic heterocycles. The third-order valence-corrected chi connectivity index (χ3v) is 5.11. The van der Waals surface area contributed by atoms with E-state index in [1.54, 1.807) is 6.92 Å². The molecule has 9 nitrogen and oxygen atoms in total. The Morgan fingerprint density at radius 2 is 2.18 bits per heavy atom. The summed E-state index contributed by atoms with van der Waals surface area (Å²) < 4.78 is 10.1. The molecule has 0 unspecified atom stereocenters. The second-order valence-corrected chi connectivity index (χ2v) is 7.27. The second kappa shape index (κ2) is 9.51. The van der Waals surface area contributed by atoms with Gasteiger partial charge in [0, 0.05) is 19.0 Å². The average Bonchev–Trinajstić information content (AvgIpc) is 2.90. The maximum atomic E-state index is 12.6. The van der Waals surface area contributed by atoms with Gasteiger partial charge in [-0.3, -0.25) is 24.6 Å². The number of phenolic OH excluding ortho intramolecular Hbond substituents is 1. The quantitative estimate of drug-likeness (QED) is 0.220. The van der Waals surface area contributed by atoms with Crippen LogP contribution in [0.2, 0.25) is 0 Å². The molecular weight excluding hydrogens is 408 g/mol. The van der Waals surface area contributed by atoms with Crippen molar-refractivity contribution < 1.29 is 29.1 Å². The first-order valence-corrected chi connectivity index (χ1v) is 9.47. The van der Waals surface area contributed by atoms with Gasteiger partial charge in [0.2, 0.25) is 5.75 Å². The first kappa shape index (κ1) is 21.6. The van der Waals surface area contributed by atoms with Crippen molar-refractivity contribution in [1.29, 1.82) is 0 Å². The summed E-state index contributed by atoms with van der Waals surface area (Å²) in [5, 5.41) is 20.9. The molecular formula is C17H18N2O7S2. The van der Waals surface area contributed by atoms with E-state index >= 15 is 0 Å². The van der Waals surface area contributed by atoms with Crippen LogP contribution in [0.3, 0.4) is 0 Å². The third-order valence-electron chi connectivity index (χ3n) is 3.73. The molecule has 1 N–H and O–H groups in total. The summed E-state index contributed by atoms with van der Waals surface area (Å²) in [6.45, 7) is 2.28. The Hall–Kier alpha value is -2.66. The van der Waals surface area contributed by atoms with E-state index in [2.05, 4.69) is 0 Å². The number of thiocarbonyl (C=S) groups is 1. The molecule has 0 bridgehead atoms. The number of amides is 1. The summed E-state index contributed by atoms with van der Waals surface area (Å²) >= 11 is 6.27. The molecule has 28 heavy (non-hydrogen) atoms. The van der Waals surface area contributed by atoms with Crippen LogP contribution < -0.4 is 4.74 Å². The van der Waals surface area contributed by atoms with Crippen LogP contribution in [-0.2, 0) is 14.3 Å². The first-order valence-electron chi connectivity index (χ1n) is 8.24. The van der Waals surface area contributed by atoms with Crippen LogP contribution in [0, 0.1) is 10.1 Å². The van der Waals surface area contributed by atoms with Crippen LogP contribution in [-0.4, -0.2) is 51.4 Å². The van der Waals surface area contributed by atoms with Crippen molar-refractivity contribution >= 4 is 51.9 Å². The maximum absolute atomic E-state index is 12.6. The summed E-state index contributed by atoms with van der Waals surface area (Å²) in [6, 6.07) is 2.53. The highest BCUT2D eigenvalue weighted by Gasteiger charge is 2.32. The molecule has 1 fully saturated rings. The van der Waals surface area contributed by atoms with Crippen molar-refractivity contribution in [2.24, 2.45) is 0 Å². The number of aromatic hydroxyl groups is 1. The van der Waals surface area contributed by atoms with Gasteiger partial charge in [0.1, 0.15) is 4.32 Å². The molecule has 1 aliphatic heterocycles. The lowest BCUT2D eigenvalue weighted by molar-refractivity contribution is -0.386. The van der Waals surface area contributed by atoms with Crippen molar-refractivity contribution in [2.75, 3.05) is 20.3 Å². The average molecular weight is 426 g/mol. The number of ether oxygens (including phenoxy) is 2. The van der Waals surface area contributed by atoms with Crippen LogP contribution in [0.1, 0.15) is 25.3 Å². The number of nitro benzene ring substituents is 1. The fraction of sp³-hybridized carbons (Fsp3) is 0.353. The van der Waals surface area contributed by atoms with Gasteiger partial charge in [-0.2, -0.15) is 0 Å². The number of methoxy groups -OCH3 is 1. The highest BCUT2D eigenvalue weighted by atomic mass is 32.2. The normalized spacial score (nSPS) is 15.2. The molecule has 0 radical (unpaired) electrons. The summed E-state index contributed by atoms with van der Waals surface area (Å²) in [5.74, 6) is -1.36. The van der Waals surface area contributed by atoms with Gasteiger partial charge in [-0.15, -0.1) is 0 Å². The van der Waals surface area contributed by atoms with Crippen LogP contribution >= 0.6 is 24.0 Å². The third kappa shape index (κ3) is 4.98. The van der Waals surface area contributed by atoms with Gasteiger partial charge in [0.25, 0.3) is 5.91 Å². The highest BCUT2D eigenvalue weighted by Crippen LogP contribution is 2.39. The van der Waals surface area contributed by atoms with E-state index in [1.165, 1.54) is 24.2 Å². The Labute approximate surface area is 170 Å². The predicted octanol–water partition coefficient (Wildman–Crippen LogP) is 2.85. The smallest absolute Gasteiger partial charge is 0.315 e. The monoisotopic (exact) mass is 426 g/mol. The minimum atomic E-state index is -0.740. The minimum Gasteiger partial charge on any atom is -0.500 e. The standard InChI is InChI=1S/C17H18N2O7S2/c1-3-26-14(20)5-4-6-18-16(22)13(28-17(18)27)9-10-7-11(19(23)24)15(21)12(8-10)25-2/h7-9,21H,3-6H2,1-2H3/b13-9-. The number of phenols is 1. The van der Waals surface area contributed by atoms with Gasteiger partial charge >= 0.3 is 11.7 Å². The lowest BCUT2D eigenvalue weighted by atomic mass is 10.1. The number of esters is 1. The zero-order valence-corrected chi connectivity index (χ0v) is 16.8. The number of rotatable bonds is 8. The largest absolute Gasteiger partial charge is 0.500 e. The number of thioether (sulfide) groups is 1. The lowest BCUT2D eigenvalue weighted by Gasteiger charge is -2.13. The van der Waals surface area contributed by atoms with Gasteiger partial charge in [-0.05, 0) is 31.1 Å². The zero-order valence-electron chi connectivity index (χ0n) is 15.2. The maximum Gasteiger partial charge on any atom is 0.315 e. The fourth-order valence-corrected chi connectivity index (χ4v) is 3.76. The van der Waals surface area contributed by atoms with Crippen molar-refractivity contribution in [1.82, 2.24) is 4.90 Å². The molecule has 1 saturated heterocycles. The number of nitro groups is 1. The van der Waals surface area contributed by atoms with E-state index < -0.39 is 16.4 Å². The van der Waals surface area contributed by atoms with E-state index in [9.17, 15) is 24.8 Å². The van der Waals surface area contributed by atoms with Crippen molar-refractivity contribution in [3.63, 3.8) is 0 Å². The van der Waals surface area contributed by atoms with Crippen LogP contribution in [0.4, 0.5) is 5.69 Å². The Morgan fingerprint density at radius 3 is 2.79 bits per heavy atom. The van der Waals surface area contributed by atoms with Gasteiger partial charge in [-0.1, -0.05) is 24.0 Å². The minimum absolute atomic E-state index is 0.0784. The number of carbonyl (C=O) groups excluding carboxylic acids is 2. The van der Waals surface area contributed by atoms with Gasteiger partial charge in [0.15, 0.2) is 5.75 Å². The Kier molecular flexibility index (Phi) is 7.35. The number of hydrogen-bond donors (Lipinski definition) is 1. The summed E-state index contributed by atoms with van der Waals surface area (Å²) in [4.78, 5) is 36.0. The zero-order chi connectivity index (χ0) is 20.8. The van der Waals surface area contributed by atoms with Crippen molar-refractivity contribution in [3.05, 3.63) is 32.7 Å². The molecule has 11 heteroatoms. The number of hydrogen-bond acceptors (Lipinski definition) is 9. The lowest BCUT2D eigenvalue weighted by Crippen LogP contribution is -2.29. The van der Waals surface area contributed by atoms with Crippen molar-refractivity contribution in [3.8, 4) is 11.5 Å². The van der Waals surface area contributed by atoms with Gasteiger partial charge < -0.3 is 14.6 Å². The van der Waals surface area contributed by atoms with E-state index in [0.717, 1.165) is 17.8 Å². The van der Waals surface area contributed by atoms with E-state index in [0.29, 0.717) is 22.9 Å². The molecule has 0 aliphatic carbocycles. The molecule has 0 spiro atoms. The molecule has 1 aromatic rings. The molecule has 150 valence electrons. The highest BCUT2D eigenvalue weighted by molar-refractivity contribution is 8.26. The van der Waals surface area contributed by atoms with Crippen molar-refractivity contribution in [2.45, 2.75) is 19.8 Å². The number of carbonyl (C=O) groups is 2. The van der Waals surface area contributed by atoms with E-state index in [4.69, 9.17) is 21.7 Å². The van der Waals surface area contributed by atoms with Gasteiger partial charge in [-0.25, -0.2) is 0 Å². The summed E-state index contributed by atoms with van der Waals surface area (Å²) in [7, 11) is 1.27. The topological polar surface area (TPSA) is 119 Å². The fourth-order valence-electron chi connectivity index (χ4n) is 2.45. The second-order valence-electron chi connectivity index (χ2n) is 5.59. The molecule has 1 heterocycles. The molecule has 2 rings (SSSR count). The summed E-state index contributed by atoms with van der Waals surface area (Å²) in [5.41, 5.74) is -0.219. The number of nitrogens with zero attached hydrogens (tertiary/aromatic N) is 2. The van der Waals surface area contributed by atoms with Gasteiger partial charge in [0.05, 0.1) is 23.5 Å². The predicted molar refractivity (Wildman–Crippen MR) is 107 cm³/mol. The molecule has 1 aromatic carbocycles. The Balaban J connectivity index is 2.18. The molecule has 1 aliphatic rings. The Bertz CT molecular complexity index is 854. The molecule has 1 amide bonds. The summed E-state index contributed by atoms with van der Waals surface area (Å²) in [6.07, 6.45) is 2.02. The molecule has 0 saturated carbocycles. The molecule has 0 atom stereocenters.